The predicted octanol–water partition coefficient (Wildman–Crippen LogP) is 3.77. The van der Waals surface area contributed by atoms with Crippen molar-refractivity contribution >= 4 is 34.6 Å². The smallest absolute Gasteiger partial charge is 0.289 e. The highest BCUT2D eigenvalue weighted by Crippen LogP contribution is 2.26. The molecule has 0 fully saturated rings. The fraction of sp³-hybridized carbons (Fsp3) is 0.0476. The zero-order valence-corrected chi connectivity index (χ0v) is 16.4. The summed E-state index contributed by atoms with van der Waals surface area (Å²) in [5.41, 5.74) is -0.923. The van der Waals surface area contributed by atoms with E-state index in [-0.39, 0.29) is 17.9 Å². The summed E-state index contributed by atoms with van der Waals surface area (Å²) in [6.07, 6.45) is 0. The van der Waals surface area contributed by atoms with E-state index in [1.165, 1.54) is 12.1 Å². The van der Waals surface area contributed by atoms with Crippen LogP contribution in [0.25, 0.3) is 0 Å². The average Bonchev–Trinajstić information content (AvgIpc) is 2.78. The number of benzene rings is 3. The molecule has 0 aliphatic carbocycles. The minimum Gasteiger partial charge on any atom is -0.484 e. The number of amides is 2. The number of ether oxygens (including phenoxy) is 1. The number of hydrogen-bond donors (Lipinski definition) is 2. The number of non-ortho nitro benzene ring substituents is 1. The van der Waals surface area contributed by atoms with Gasteiger partial charge in [0.05, 0.1) is 15.9 Å². The lowest BCUT2D eigenvalue weighted by Gasteiger charge is -2.10. The van der Waals surface area contributed by atoms with E-state index in [0.29, 0.717) is 11.4 Å². The maximum Gasteiger partial charge on any atom is 0.289 e. The Kier molecular flexibility index (Phi) is 6.71. The molecule has 3 aromatic carbocycles. The molecule has 0 unspecified atom stereocenters. The number of carbonyl (C=O) groups excluding carboxylic acids is 2. The molecule has 3 rings (SSSR count). The van der Waals surface area contributed by atoms with Crippen molar-refractivity contribution in [3.8, 4) is 5.75 Å². The second-order valence-corrected chi connectivity index (χ2v) is 6.40. The molecule has 0 saturated carbocycles. The summed E-state index contributed by atoms with van der Waals surface area (Å²) in [7, 11) is 0. The molecule has 32 heavy (non-hydrogen) atoms. The van der Waals surface area contributed by atoms with Crippen molar-refractivity contribution in [2.24, 2.45) is 0 Å². The molecule has 0 bridgehead atoms. The van der Waals surface area contributed by atoms with Crippen LogP contribution in [0.1, 0.15) is 10.4 Å². The lowest BCUT2D eigenvalue weighted by atomic mass is 10.1. The van der Waals surface area contributed by atoms with Crippen LogP contribution in [0.2, 0.25) is 0 Å². The molecule has 0 aliphatic rings. The first-order valence-electron chi connectivity index (χ1n) is 9.15. The van der Waals surface area contributed by atoms with Crippen LogP contribution in [0.3, 0.4) is 0 Å². The maximum atomic E-state index is 12.5. The summed E-state index contributed by atoms with van der Waals surface area (Å²) < 4.78 is 5.36. The Hall–Kier alpha value is -4.80. The fourth-order valence-corrected chi connectivity index (χ4v) is 2.71. The van der Waals surface area contributed by atoms with E-state index < -0.39 is 33.0 Å². The Morgan fingerprint density at radius 2 is 1.50 bits per heavy atom. The van der Waals surface area contributed by atoms with Crippen LogP contribution in [0.15, 0.2) is 72.8 Å². The Balaban J connectivity index is 1.68. The molecule has 162 valence electrons. The highest BCUT2D eigenvalue weighted by molar-refractivity contribution is 6.07. The SMILES string of the molecule is O=C(COc1ccccc1)Nc1cccc(NC(=O)c2ccc([N+](=O)[O-])cc2[N+](=O)[O-])c1. The van der Waals surface area contributed by atoms with Gasteiger partial charge in [0.15, 0.2) is 6.61 Å². The second kappa shape index (κ2) is 9.80. The number of carbonyl (C=O) groups is 2. The van der Waals surface area contributed by atoms with Gasteiger partial charge in [0, 0.05) is 17.4 Å². The molecular weight excluding hydrogens is 420 g/mol. The number of hydrogen-bond acceptors (Lipinski definition) is 7. The van der Waals surface area contributed by atoms with Gasteiger partial charge in [-0.15, -0.1) is 0 Å². The minimum absolute atomic E-state index is 0.227. The van der Waals surface area contributed by atoms with Gasteiger partial charge in [0.1, 0.15) is 11.3 Å². The van der Waals surface area contributed by atoms with Crippen LogP contribution in [-0.2, 0) is 4.79 Å². The molecule has 2 N–H and O–H groups in total. The lowest BCUT2D eigenvalue weighted by Crippen LogP contribution is -2.20. The van der Waals surface area contributed by atoms with Crippen LogP contribution >= 0.6 is 0 Å². The van der Waals surface area contributed by atoms with Crippen molar-refractivity contribution < 1.29 is 24.2 Å². The van der Waals surface area contributed by atoms with Crippen LogP contribution in [0.4, 0.5) is 22.7 Å². The molecule has 0 aromatic heterocycles. The van der Waals surface area contributed by atoms with E-state index in [2.05, 4.69) is 10.6 Å². The average molecular weight is 436 g/mol. The lowest BCUT2D eigenvalue weighted by molar-refractivity contribution is -0.394. The molecule has 2 amide bonds. The number of nitro benzene ring substituents is 2. The van der Waals surface area contributed by atoms with E-state index in [4.69, 9.17) is 4.74 Å². The van der Waals surface area contributed by atoms with Gasteiger partial charge in [-0.3, -0.25) is 29.8 Å². The molecule has 0 atom stereocenters. The van der Waals surface area contributed by atoms with Crippen LogP contribution in [0.5, 0.6) is 5.75 Å². The highest BCUT2D eigenvalue weighted by atomic mass is 16.6. The van der Waals surface area contributed by atoms with E-state index in [0.717, 1.165) is 18.2 Å². The van der Waals surface area contributed by atoms with Gasteiger partial charge in [0.25, 0.3) is 23.2 Å². The largest absolute Gasteiger partial charge is 0.484 e. The molecule has 0 spiro atoms. The van der Waals surface area contributed by atoms with E-state index in [1.54, 1.807) is 36.4 Å². The molecule has 0 saturated heterocycles. The first-order chi connectivity index (χ1) is 15.3. The Morgan fingerprint density at radius 3 is 2.16 bits per heavy atom. The molecule has 3 aromatic rings. The molecule has 11 heteroatoms. The maximum absolute atomic E-state index is 12.5. The zero-order chi connectivity index (χ0) is 23.1. The summed E-state index contributed by atoms with van der Waals surface area (Å²) in [6.45, 7) is -0.227. The van der Waals surface area contributed by atoms with Crippen molar-refractivity contribution in [2.45, 2.75) is 0 Å². The first-order valence-corrected chi connectivity index (χ1v) is 9.15. The Bertz CT molecular complexity index is 1180. The van der Waals surface area contributed by atoms with Gasteiger partial charge in [-0.2, -0.15) is 0 Å². The van der Waals surface area contributed by atoms with Gasteiger partial charge in [-0.05, 0) is 36.4 Å². The number of nitrogens with one attached hydrogen (secondary N) is 2. The van der Waals surface area contributed by atoms with Gasteiger partial charge >= 0.3 is 0 Å². The number of nitro groups is 2. The molecular formula is C21H16N4O7. The van der Waals surface area contributed by atoms with Crippen molar-refractivity contribution in [3.05, 3.63) is 98.6 Å². The van der Waals surface area contributed by atoms with Crippen molar-refractivity contribution in [1.82, 2.24) is 0 Å². The van der Waals surface area contributed by atoms with E-state index >= 15 is 0 Å². The van der Waals surface area contributed by atoms with Gasteiger partial charge in [-0.25, -0.2) is 0 Å². The quantitative estimate of drug-likeness (QED) is 0.402. The predicted molar refractivity (Wildman–Crippen MR) is 115 cm³/mol. The summed E-state index contributed by atoms with van der Waals surface area (Å²) in [5, 5.41) is 27.2. The third kappa shape index (κ3) is 5.63. The van der Waals surface area contributed by atoms with Crippen LogP contribution in [0, 0.1) is 20.2 Å². The second-order valence-electron chi connectivity index (χ2n) is 6.40. The summed E-state index contributed by atoms with van der Waals surface area (Å²) >= 11 is 0. The van der Waals surface area contributed by atoms with Gasteiger partial charge in [0.2, 0.25) is 0 Å². The van der Waals surface area contributed by atoms with Gasteiger partial charge in [-0.1, -0.05) is 24.3 Å². The Morgan fingerprint density at radius 1 is 0.812 bits per heavy atom. The minimum atomic E-state index is -0.870. The van der Waals surface area contributed by atoms with E-state index in [9.17, 15) is 29.8 Å². The van der Waals surface area contributed by atoms with Crippen LogP contribution in [-0.4, -0.2) is 28.3 Å². The fourth-order valence-electron chi connectivity index (χ4n) is 2.71. The molecule has 0 aliphatic heterocycles. The van der Waals surface area contributed by atoms with Gasteiger partial charge < -0.3 is 15.4 Å². The monoisotopic (exact) mass is 436 g/mol. The van der Waals surface area contributed by atoms with Crippen molar-refractivity contribution in [2.75, 3.05) is 17.2 Å². The third-order valence-electron chi connectivity index (χ3n) is 4.15. The number of nitrogens with zero attached hydrogens (tertiary/aromatic N) is 2. The molecule has 11 nitrogen and oxygen atoms in total. The first kappa shape index (κ1) is 21.9. The molecule has 0 radical (unpaired) electrons. The number of anilines is 2. The summed E-state index contributed by atoms with van der Waals surface area (Å²) in [4.78, 5) is 45.0. The topological polar surface area (TPSA) is 154 Å². The zero-order valence-electron chi connectivity index (χ0n) is 16.4. The van der Waals surface area contributed by atoms with E-state index in [1.807, 2.05) is 6.07 Å². The Labute approximate surface area is 180 Å². The normalized spacial score (nSPS) is 10.1. The molecule has 0 heterocycles. The standard InChI is InChI=1S/C21H16N4O7/c26-20(13-32-17-7-2-1-3-8-17)22-14-5-4-6-15(11-14)23-21(27)18-10-9-16(24(28)29)12-19(18)25(30)31/h1-12H,13H2,(H,22,26)(H,23,27). The number of para-hydroxylation sites is 1. The van der Waals surface area contributed by atoms with Crippen LogP contribution < -0.4 is 15.4 Å². The van der Waals surface area contributed by atoms with Crippen molar-refractivity contribution in [1.29, 1.82) is 0 Å². The summed E-state index contributed by atoms with van der Waals surface area (Å²) in [5.74, 6) is -0.723. The van der Waals surface area contributed by atoms with Crippen molar-refractivity contribution in [3.63, 3.8) is 0 Å². The third-order valence-corrected chi connectivity index (χ3v) is 4.15. The highest BCUT2D eigenvalue weighted by Gasteiger charge is 2.24. The summed E-state index contributed by atoms with van der Waals surface area (Å²) in [6, 6.07) is 17.6. The number of rotatable bonds is 8.